The van der Waals surface area contributed by atoms with Gasteiger partial charge in [0.2, 0.25) is 11.5 Å². The van der Waals surface area contributed by atoms with Crippen molar-refractivity contribution >= 4 is 5.91 Å². The Balaban J connectivity index is 1.52. The first-order valence-corrected chi connectivity index (χ1v) is 13.1. The van der Waals surface area contributed by atoms with Gasteiger partial charge in [-0.25, -0.2) is 9.37 Å². The molecular formula is C30H29F4N5O2. The van der Waals surface area contributed by atoms with Gasteiger partial charge in [-0.1, -0.05) is 12.1 Å². The maximum atomic E-state index is 13.9. The molecule has 5 rings (SSSR count). The molecule has 0 bridgehead atoms. The molecule has 0 unspecified atom stereocenters. The number of nitrogens with zero attached hydrogens (tertiary/aromatic N) is 3. The highest BCUT2D eigenvalue weighted by Crippen LogP contribution is 2.41. The van der Waals surface area contributed by atoms with E-state index in [4.69, 9.17) is 10.1 Å². The molecule has 7 nitrogen and oxygen atoms in total. The van der Waals surface area contributed by atoms with Gasteiger partial charge in [-0.15, -0.1) is 0 Å². The van der Waals surface area contributed by atoms with E-state index in [-0.39, 0.29) is 47.3 Å². The molecule has 1 fully saturated rings. The number of pyridine rings is 1. The average Bonchev–Trinajstić information content (AvgIpc) is 3.74. The minimum absolute atomic E-state index is 0.209. The Morgan fingerprint density at radius 2 is 1.95 bits per heavy atom. The fourth-order valence-corrected chi connectivity index (χ4v) is 4.78. The van der Waals surface area contributed by atoms with Crippen molar-refractivity contribution < 1.29 is 27.1 Å². The first kappa shape index (κ1) is 28.1. The monoisotopic (exact) mass is 567 g/mol. The molecule has 41 heavy (non-hydrogen) atoms. The van der Waals surface area contributed by atoms with Crippen molar-refractivity contribution in [1.82, 2.24) is 19.4 Å². The third-order valence-corrected chi connectivity index (χ3v) is 7.06. The van der Waals surface area contributed by atoms with Crippen LogP contribution in [0.1, 0.15) is 45.9 Å². The van der Waals surface area contributed by atoms with Gasteiger partial charge in [-0.3, -0.25) is 10.2 Å². The molecule has 1 saturated carbocycles. The van der Waals surface area contributed by atoms with Gasteiger partial charge in [0.25, 0.3) is 5.91 Å². The molecule has 0 spiro atoms. The summed E-state index contributed by atoms with van der Waals surface area (Å²) in [4.78, 5) is 17.7. The van der Waals surface area contributed by atoms with Crippen LogP contribution in [0.25, 0.3) is 11.1 Å². The first-order valence-electron chi connectivity index (χ1n) is 13.1. The molecule has 1 atom stereocenters. The van der Waals surface area contributed by atoms with E-state index in [1.165, 1.54) is 12.3 Å². The second-order valence-electron chi connectivity index (χ2n) is 10.3. The van der Waals surface area contributed by atoms with E-state index in [1.807, 2.05) is 0 Å². The van der Waals surface area contributed by atoms with E-state index in [1.54, 1.807) is 78.0 Å². The van der Waals surface area contributed by atoms with Gasteiger partial charge in [0.05, 0.1) is 12.6 Å². The molecule has 214 valence electrons. The Hall–Kier alpha value is -4.41. The highest BCUT2D eigenvalue weighted by Gasteiger charge is 2.34. The van der Waals surface area contributed by atoms with Crippen LogP contribution < -0.4 is 15.7 Å². The molecule has 0 saturated heterocycles. The van der Waals surface area contributed by atoms with Crippen LogP contribution in [0.5, 0.6) is 5.88 Å². The Bertz CT molecular complexity index is 1640. The molecule has 1 aliphatic rings. The highest BCUT2D eigenvalue weighted by molar-refractivity contribution is 5.96. The topological polar surface area (TPSA) is 84.9 Å². The maximum absolute atomic E-state index is 13.9. The molecule has 0 radical (unpaired) electrons. The number of carbonyl (C=O) groups excluding carboxylic acids is 1. The van der Waals surface area contributed by atoms with E-state index < -0.39 is 12.8 Å². The summed E-state index contributed by atoms with van der Waals surface area (Å²) in [6, 6.07) is 12.7. The number of hydrogen-bond acceptors (Lipinski definition) is 4. The van der Waals surface area contributed by atoms with Gasteiger partial charge in [0.15, 0.2) is 6.61 Å². The lowest BCUT2D eigenvalue weighted by molar-refractivity contribution is -0.154. The average molecular weight is 568 g/mol. The summed E-state index contributed by atoms with van der Waals surface area (Å²) in [5.41, 5.74) is 3.22. The van der Waals surface area contributed by atoms with Gasteiger partial charge in [-0.2, -0.15) is 13.2 Å². The van der Waals surface area contributed by atoms with Crippen LogP contribution in [-0.4, -0.2) is 32.8 Å². The summed E-state index contributed by atoms with van der Waals surface area (Å²) in [7, 11) is 1.74. The second-order valence-corrected chi connectivity index (χ2v) is 10.3. The number of carbonyl (C=O) groups is 1. The lowest BCUT2D eigenvalue weighted by Crippen LogP contribution is -2.30. The molecule has 4 aromatic rings. The van der Waals surface area contributed by atoms with E-state index in [9.17, 15) is 22.4 Å². The summed E-state index contributed by atoms with van der Waals surface area (Å²) in [5.74, 6) is -0.686. The number of aromatic nitrogens is 3. The van der Waals surface area contributed by atoms with E-state index >= 15 is 0 Å². The summed E-state index contributed by atoms with van der Waals surface area (Å²) >= 11 is 0. The van der Waals surface area contributed by atoms with Crippen LogP contribution in [0.15, 0.2) is 67.1 Å². The fraction of sp³-hybridized carbons (Fsp3) is 0.300. The van der Waals surface area contributed by atoms with E-state index in [2.05, 4.69) is 10.3 Å². The van der Waals surface area contributed by atoms with Gasteiger partial charge < -0.3 is 19.2 Å². The van der Waals surface area contributed by atoms with Crippen LogP contribution in [0.2, 0.25) is 0 Å². The zero-order valence-electron chi connectivity index (χ0n) is 22.5. The van der Waals surface area contributed by atoms with Crippen LogP contribution in [0, 0.1) is 24.1 Å². The van der Waals surface area contributed by atoms with Gasteiger partial charge in [0, 0.05) is 36.8 Å². The maximum Gasteiger partial charge on any atom is 0.422 e. The van der Waals surface area contributed by atoms with Crippen molar-refractivity contribution in [1.29, 1.82) is 5.41 Å². The fourth-order valence-electron chi connectivity index (χ4n) is 4.78. The van der Waals surface area contributed by atoms with Crippen LogP contribution in [-0.2, 0) is 13.6 Å². The van der Waals surface area contributed by atoms with Gasteiger partial charge in [0.1, 0.15) is 5.82 Å². The number of imidazole rings is 1. The number of aryl methyl sites for hydroxylation is 2. The van der Waals surface area contributed by atoms with Gasteiger partial charge >= 0.3 is 6.18 Å². The van der Waals surface area contributed by atoms with Crippen molar-refractivity contribution in [3.63, 3.8) is 0 Å². The Morgan fingerprint density at radius 1 is 1.17 bits per heavy atom. The summed E-state index contributed by atoms with van der Waals surface area (Å²) in [6.07, 6.45) is 2.11. The second kappa shape index (κ2) is 11.2. The van der Waals surface area contributed by atoms with Crippen molar-refractivity contribution in [3.05, 3.63) is 101 Å². The van der Waals surface area contributed by atoms with Crippen molar-refractivity contribution in [2.45, 2.75) is 38.5 Å². The van der Waals surface area contributed by atoms with Crippen molar-refractivity contribution in [3.8, 4) is 17.0 Å². The molecule has 2 N–H and O–H groups in total. The predicted octanol–water partition coefficient (Wildman–Crippen LogP) is 5.69. The molecule has 2 aromatic carbocycles. The lowest BCUT2D eigenvalue weighted by Gasteiger charge is -2.20. The van der Waals surface area contributed by atoms with Crippen LogP contribution in [0.3, 0.4) is 0 Å². The largest absolute Gasteiger partial charge is 0.468 e. The zero-order chi connectivity index (χ0) is 29.3. The Kier molecular flexibility index (Phi) is 7.70. The molecule has 1 aliphatic carbocycles. The summed E-state index contributed by atoms with van der Waals surface area (Å²) in [5, 5.41) is 11.4. The smallest absolute Gasteiger partial charge is 0.422 e. The number of ether oxygens (including phenoxy) is 1. The number of rotatable bonds is 9. The number of alkyl halides is 3. The van der Waals surface area contributed by atoms with Crippen molar-refractivity contribution in [2.75, 3.05) is 6.61 Å². The highest BCUT2D eigenvalue weighted by atomic mass is 19.4. The standard InChI is InChI=1S/C30H29F4N5O2/c1-18-12-21(7-8-25(18)31)26(20-5-6-20)37-27(40)23-14-19(16-39-11-10-38(2)29(39)35)13-22(15-23)24-4-3-9-36-28(24)41-17-30(32,33)34/h3-4,7-15,20,26,35H,5-6,16-17H2,1-2H3,(H,37,40)/t26-/m0/s1. The third-order valence-electron chi connectivity index (χ3n) is 7.06. The summed E-state index contributed by atoms with van der Waals surface area (Å²) in [6.45, 7) is 0.413. The lowest BCUT2D eigenvalue weighted by atomic mass is 9.97. The number of nitrogens with one attached hydrogen (secondary N) is 2. The molecule has 11 heteroatoms. The summed E-state index contributed by atoms with van der Waals surface area (Å²) < 4.78 is 61.0. The van der Waals surface area contributed by atoms with Crippen LogP contribution in [0.4, 0.5) is 17.6 Å². The van der Waals surface area contributed by atoms with Gasteiger partial charge in [-0.05, 0) is 84.3 Å². The molecule has 0 aliphatic heterocycles. The van der Waals surface area contributed by atoms with Crippen LogP contribution >= 0.6 is 0 Å². The van der Waals surface area contributed by atoms with E-state index in [0.29, 0.717) is 22.3 Å². The Morgan fingerprint density at radius 3 is 2.61 bits per heavy atom. The zero-order valence-corrected chi connectivity index (χ0v) is 22.5. The number of benzene rings is 2. The normalized spacial score (nSPS) is 14.1. The SMILES string of the molecule is Cc1cc([C@@H](NC(=O)c2cc(Cn3ccn(C)c3=N)cc(-c3cccnc3OCC(F)(F)F)c2)C2CC2)ccc1F. The number of halogens is 4. The molecule has 2 aromatic heterocycles. The first-order chi connectivity index (χ1) is 19.5. The predicted molar refractivity (Wildman–Crippen MR) is 144 cm³/mol. The number of hydrogen-bond donors (Lipinski definition) is 2. The van der Waals surface area contributed by atoms with Crippen molar-refractivity contribution in [2.24, 2.45) is 13.0 Å². The van der Waals surface area contributed by atoms with E-state index in [0.717, 1.165) is 18.4 Å². The number of amides is 1. The minimum Gasteiger partial charge on any atom is -0.468 e. The third kappa shape index (κ3) is 6.67. The molecule has 1 amide bonds. The quantitative estimate of drug-likeness (QED) is 0.255. The molecule has 2 heterocycles. The molecular weight excluding hydrogens is 538 g/mol. The minimum atomic E-state index is -4.55. The Labute approximate surface area is 233 Å².